The molecule has 0 aliphatic rings. The first-order chi connectivity index (χ1) is 10.5. The van der Waals surface area contributed by atoms with Gasteiger partial charge in [-0.15, -0.1) is 0 Å². The SMILES string of the molecule is COc1c(C)cc(CNCc2cccnc2N(C)C)cc1C. The summed E-state index contributed by atoms with van der Waals surface area (Å²) < 4.78 is 5.41. The van der Waals surface area contributed by atoms with Crippen LogP contribution in [0.15, 0.2) is 30.5 Å². The third kappa shape index (κ3) is 3.77. The molecule has 2 aromatic rings. The van der Waals surface area contributed by atoms with E-state index in [0.29, 0.717) is 0 Å². The summed E-state index contributed by atoms with van der Waals surface area (Å²) in [6.45, 7) is 5.79. The second-order valence-electron chi connectivity index (χ2n) is 5.75. The summed E-state index contributed by atoms with van der Waals surface area (Å²) in [5.74, 6) is 1.99. The monoisotopic (exact) mass is 299 g/mol. The van der Waals surface area contributed by atoms with Gasteiger partial charge in [0.05, 0.1) is 7.11 Å². The molecule has 0 aliphatic heterocycles. The Bertz CT molecular complexity index is 615. The van der Waals surface area contributed by atoms with Crippen LogP contribution in [0, 0.1) is 13.8 Å². The highest BCUT2D eigenvalue weighted by atomic mass is 16.5. The fourth-order valence-corrected chi connectivity index (χ4v) is 2.78. The summed E-state index contributed by atoms with van der Waals surface area (Å²) in [4.78, 5) is 6.46. The molecule has 0 radical (unpaired) electrons. The zero-order chi connectivity index (χ0) is 16.1. The Morgan fingerprint density at radius 2 is 1.82 bits per heavy atom. The molecular weight excluding hydrogens is 274 g/mol. The number of hydrogen-bond acceptors (Lipinski definition) is 4. The number of ether oxygens (including phenoxy) is 1. The molecule has 0 atom stereocenters. The first-order valence-corrected chi connectivity index (χ1v) is 7.49. The van der Waals surface area contributed by atoms with E-state index in [4.69, 9.17) is 4.74 Å². The number of aryl methyl sites for hydroxylation is 2. The summed E-state index contributed by atoms with van der Waals surface area (Å²) in [5, 5.41) is 3.50. The lowest BCUT2D eigenvalue weighted by Crippen LogP contribution is -2.18. The molecule has 1 aromatic heterocycles. The van der Waals surface area contributed by atoms with Gasteiger partial charge in [-0.25, -0.2) is 4.98 Å². The standard InChI is InChI=1S/C18H25N3O/c1-13-9-15(10-14(2)17(13)22-5)11-19-12-16-7-6-8-20-18(16)21(3)4/h6-10,19H,11-12H2,1-5H3. The third-order valence-electron chi connectivity index (χ3n) is 3.66. The zero-order valence-corrected chi connectivity index (χ0v) is 14.1. The lowest BCUT2D eigenvalue weighted by molar-refractivity contribution is 0.408. The Balaban J connectivity index is 2.03. The van der Waals surface area contributed by atoms with Crippen molar-refractivity contribution in [2.24, 2.45) is 0 Å². The molecule has 0 saturated carbocycles. The quantitative estimate of drug-likeness (QED) is 0.889. The number of hydrogen-bond donors (Lipinski definition) is 1. The van der Waals surface area contributed by atoms with Crippen LogP contribution < -0.4 is 15.0 Å². The van der Waals surface area contributed by atoms with Crippen LogP contribution in [0.3, 0.4) is 0 Å². The van der Waals surface area contributed by atoms with Gasteiger partial charge >= 0.3 is 0 Å². The molecule has 0 spiro atoms. The van der Waals surface area contributed by atoms with Gasteiger partial charge in [0.15, 0.2) is 0 Å². The minimum atomic E-state index is 0.797. The fraction of sp³-hybridized carbons (Fsp3) is 0.389. The largest absolute Gasteiger partial charge is 0.496 e. The second kappa shape index (κ2) is 7.27. The Morgan fingerprint density at radius 3 is 2.41 bits per heavy atom. The number of anilines is 1. The van der Waals surface area contributed by atoms with Crippen molar-refractivity contribution >= 4 is 5.82 Å². The summed E-state index contributed by atoms with van der Waals surface area (Å²) in [7, 11) is 5.75. The van der Waals surface area contributed by atoms with Crippen molar-refractivity contribution in [3.63, 3.8) is 0 Å². The number of pyridine rings is 1. The van der Waals surface area contributed by atoms with Crippen LogP contribution in [-0.2, 0) is 13.1 Å². The number of benzene rings is 1. The smallest absolute Gasteiger partial charge is 0.132 e. The first-order valence-electron chi connectivity index (χ1n) is 7.49. The molecule has 0 aliphatic carbocycles. The van der Waals surface area contributed by atoms with Crippen molar-refractivity contribution in [1.29, 1.82) is 0 Å². The lowest BCUT2D eigenvalue weighted by atomic mass is 10.1. The van der Waals surface area contributed by atoms with Crippen molar-refractivity contribution < 1.29 is 4.74 Å². The summed E-state index contributed by atoms with van der Waals surface area (Å²) in [6.07, 6.45) is 1.83. The zero-order valence-electron chi connectivity index (χ0n) is 14.1. The van der Waals surface area contributed by atoms with E-state index in [1.54, 1.807) is 7.11 Å². The van der Waals surface area contributed by atoms with Crippen LogP contribution in [0.4, 0.5) is 5.82 Å². The van der Waals surface area contributed by atoms with E-state index in [-0.39, 0.29) is 0 Å². The van der Waals surface area contributed by atoms with Gasteiger partial charge in [0.1, 0.15) is 11.6 Å². The molecule has 0 unspecified atom stereocenters. The molecule has 0 amide bonds. The predicted molar refractivity (Wildman–Crippen MR) is 91.6 cm³/mol. The van der Waals surface area contributed by atoms with Crippen LogP contribution in [0.2, 0.25) is 0 Å². The van der Waals surface area contributed by atoms with Crippen molar-refractivity contribution in [1.82, 2.24) is 10.3 Å². The van der Waals surface area contributed by atoms with Gasteiger partial charge < -0.3 is 15.0 Å². The van der Waals surface area contributed by atoms with Crippen LogP contribution in [0.1, 0.15) is 22.3 Å². The molecule has 4 heteroatoms. The van der Waals surface area contributed by atoms with Crippen LogP contribution in [0.5, 0.6) is 5.75 Å². The molecule has 2 rings (SSSR count). The van der Waals surface area contributed by atoms with Gasteiger partial charge in [-0.1, -0.05) is 18.2 Å². The van der Waals surface area contributed by atoms with Gasteiger partial charge in [0.2, 0.25) is 0 Å². The van der Waals surface area contributed by atoms with Gasteiger partial charge in [-0.05, 0) is 36.6 Å². The average molecular weight is 299 g/mol. The topological polar surface area (TPSA) is 37.4 Å². The summed E-state index contributed by atoms with van der Waals surface area (Å²) >= 11 is 0. The van der Waals surface area contributed by atoms with E-state index in [2.05, 4.69) is 42.3 Å². The summed E-state index contributed by atoms with van der Waals surface area (Å²) in [6, 6.07) is 8.44. The highest BCUT2D eigenvalue weighted by Gasteiger charge is 2.07. The maximum absolute atomic E-state index is 5.41. The van der Waals surface area contributed by atoms with Crippen molar-refractivity contribution in [2.45, 2.75) is 26.9 Å². The molecule has 1 aromatic carbocycles. The Kier molecular flexibility index (Phi) is 5.39. The molecule has 1 N–H and O–H groups in total. The number of methoxy groups -OCH3 is 1. The minimum absolute atomic E-state index is 0.797. The fourth-order valence-electron chi connectivity index (χ4n) is 2.78. The van der Waals surface area contributed by atoms with Crippen LogP contribution in [-0.4, -0.2) is 26.2 Å². The molecule has 0 fully saturated rings. The van der Waals surface area contributed by atoms with E-state index in [1.807, 2.05) is 31.3 Å². The molecule has 22 heavy (non-hydrogen) atoms. The molecule has 0 bridgehead atoms. The van der Waals surface area contributed by atoms with E-state index in [0.717, 1.165) is 24.7 Å². The maximum atomic E-state index is 5.41. The summed E-state index contributed by atoms with van der Waals surface area (Å²) in [5.41, 5.74) is 4.82. The second-order valence-corrected chi connectivity index (χ2v) is 5.75. The van der Waals surface area contributed by atoms with Gasteiger partial charge in [-0.3, -0.25) is 0 Å². The molecule has 118 valence electrons. The highest BCUT2D eigenvalue weighted by Crippen LogP contribution is 2.24. The Morgan fingerprint density at radius 1 is 1.14 bits per heavy atom. The minimum Gasteiger partial charge on any atom is -0.496 e. The van der Waals surface area contributed by atoms with Crippen LogP contribution in [0.25, 0.3) is 0 Å². The van der Waals surface area contributed by atoms with Crippen molar-refractivity contribution in [3.05, 3.63) is 52.7 Å². The normalized spacial score (nSPS) is 10.6. The number of rotatable bonds is 6. The molecule has 0 saturated heterocycles. The van der Waals surface area contributed by atoms with E-state index >= 15 is 0 Å². The number of nitrogens with one attached hydrogen (secondary N) is 1. The Labute approximate surface area is 133 Å². The van der Waals surface area contributed by atoms with E-state index in [1.165, 1.54) is 22.3 Å². The van der Waals surface area contributed by atoms with Crippen LogP contribution >= 0.6 is 0 Å². The van der Waals surface area contributed by atoms with Gasteiger partial charge in [0, 0.05) is 38.9 Å². The predicted octanol–water partition coefficient (Wildman–Crippen LogP) is 3.06. The van der Waals surface area contributed by atoms with E-state index in [9.17, 15) is 0 Å². The van der Waals surface area contributed by atoms with Gasteiger partial charge in [-0.2, -0.15) is 0 Å². The molecule has 1 heterocycles. The first kappa shape index (κ1) is 16.3. The van der Waals surface area contributed by atoms with Gasteiger partial charge in [0.25, 0.3) is 0 Å². The maximum Gasteiger partial charge on any atom is 0.132 e. The highest BCUT2D eigenvalue weighted by molar-refractivity contribution is 5.45. The number of nitrogens with zero attached hydrogens (tertiary/aromatic N) is 2. The Hall–Kier alpha value is -2.07. The number of aromatic nitrogens is 1. The third-order valence-corrected chi connectivity index (χ3v) is 3.66. The molecule has 4 nitrogen and oxygen atoms in total. The van der Waals surface area contributed by atoms with E-state index < -0.39 is 0 Å². The lowest BCUT2D eigenvalue weighted by Gasteiger charge is -2.16. The molecular formula is C18H25N3O. The average Bonchev–Trinajstić information content (AvgIpc) is 2.47. The van der Waals surface area contributed by atoms with Crippen molar-refractivity contribution in [2.75, 3.05) is 26.1 Å². The van der Waals surface area contributed by atoms with Crippen molar-refractivity contribution in [3.8, 4) is 5.75 Å².